The Morgan fingerprint density at radius 3 is 1.81 bits per heavy atom. The fourth-order valence-corrected chi connectivity index (χ4v) is 2.08. The number of carbonyl (C=O) groups is 3. The van der Waals surface area contributed by atoms with Crippen LogP contribution in [0.4, 0.5) is 0 Å². The van der Waals surface area contributed by atoms with Gasteiger partial charge in [-0.2, -0.15) is 0 Å². The molecule has 0 saturated heterocycles. The Hall–Kier alpha value is -3.35. The number of esters is 2. The average molecular weight is 357 g/mol. The molecule has 1 amide bonds. The first-order valence-electron chi connectivity index (χ1n) is 7.78. The second kappa shape index (κ2) is 9.22. The van der Waals surface area contributed by atoms with Crippen LogP contribution in [0.15, 0.2) is 48.5 Å². The fourth-order valence-electron chi connectivity index (χ4n) is 2.08. The summed E-state index contributed by atoms with van der Waals surface area (Å²) >= 11 is 0. The van der Waals surface area contributed by atoms with Gasteiger partial charge in [-0.25, -0.2) is 9.59 Å². The van der Waals surface area contributed by atoms with E-state index in [0.717, 1.165) is 5.56 Å². The van der Waals surface area contributed by atoms with Crippen molar-refractivity contribution in [2.24, 2.45) is 0 Å². The van der Waals surface area contributed by atoms with Crippen molar-refractivity contribution in [1.82, 2.24) is 5.32 Å². The fraction of sp³-hybridized carbons (Fsp3) is 0.211. The van der Waals surface area contributed by atoms with Gasteiger partial charge >= 0.3 is 11.9 Å². The van der Waals surface area contributed by atoms with Crippen LogP contribution in [-0.2, 0) is 20.8 Å². The van der Waals surface area contributed by atoms with Crippen molar-refractivity contribution in [2.45, 2.75) is 6.54 Å². The molecule has 0 atom stereocenters. The lowest BCUT2D eigenvalue weighted by Gasteiger charge is -2.08. The summed E-state index contributed by atoms with van der Waals surface area (Å²) in [6.07, 6.45) is 0. The Morgan fingerprint density at radius 2 is 1.31 bits per heavy atom. The van der Waals surface area contributed by atoms with Crippen molar-refractivity contribution < 1.29 is 28.6 Å². The van der Waals surface area contributed by atoms with Gasteiger partial charge in [-0.1, -0.05) is 12.1 Å². The highest BCUT2D eigenvalue weighted by atomic mass is 16.5. The van der Waals surface area contributed by atoms with Crippen molar-refractivity contribution in [3.05, 3.63) is 65.2 Å². The van der Waals surface area contributed by atoms with E-state index in [1.165, 1.54) is 14.2 Å². The second-order valence-electron chi connectivity index (χ2n) is 5.27. The van der Waals surface area contributed by atoms with E-state index in [9.17, 15) is 14.4 Å². The first kappa shape index (κ1) is 19.0. The molecule has 0 fully saturated rings. The van der Waals surface area contributed by atoms with Crippen LogP contribution in [0.3, 0.4) is 0 Å². The minimum Gasteiger partial charge on any atom is -0.484 e. The SMILES string of the molecule is COC(=O)c1ccc(CNC(=O)COc2ccc(C(=O)OC)cc2)cc1. The summed E-state index contributed by atoms with van der Waals surface area (Å²) in [4.78, 5) is 34.5. The van der Waals surface area contributed by atoms with Gasteiger partial charge in [0.15, 0.2) is 6.61 Å². The number of benzene rings is 2. The smallest absolute Gasteiger partial charge is 0.337 e. The quantitative estimate of drug-likeness (QED) is 0.762. The van der Waals surface area contributed by atoms with Gasteiger partial charge in [0.25, 0.3) is 5.91 Å². The van der Waals surface area contributed by atoms with Crippen LogP contribution in [-0.4, -0.2) is 38.7 Å². The summed E-state index contributed by atoms with van der Waals surface area (Å²) in [5, 5.41) is 2.72. The van der Waals surface area contributed by atoms with Crippen LogP contribution in [0.5, 0.6) is 5.75 Å². The number of carbonyl (C=O) groups excluding carboxylic acids is 3. The third-order valence-electron chi connectivity index (χ3n) is 3.51. The van der Waals surface area contributed by atoms with Gasteiger partial charge in [-0.3, -0.25) is 4.79 Å². The summed E-state index contributed by atoms with van der Waals surface area (Å²) in [5.41, 5.74) is 1.69. The summed E-state index contributed by atoms with van der Waals surface area (Å²) in [6, 6.07) is 13.0. The first-order valence-corrected chi connectivity index (χ1v) is 7.78. The lowest BCUT2D eigenvalue weighted by Crippen LogP contribution is -2.28. The first-order chi connectivity index (χ1) is 12.5. The molecule has 7 nitrogen and oxygen atoms in total. The monoisotopic (exact) mass is 357 g/mol. The maximum atomic E-state index is 11.8. The molecule has 2 rings (SSSR count). The number of rotatable bonds is 7. The van der Waals surface area contributed by atoms with Gasteiger partial charge < -0.3 is 19.5 Å². The van der Waals surface area contributed by atoms with E-state index >= 15 is 0 Å². The molecule has 0 heterocycles. The van der Waals surface area contributed by atoms with Crippen LogP contribution in [0, 0.1) is 0 Å². The normalized spacial score (nSPS) is 9.92. The molecule has 2 aromatic carbocycles. The molecular formula is C19H19NO6. The molecule has 0 radical (unpaired) electrons. The maximum Gasteiger partial charge on any atom is 0.337 e. The van der Waals surface area contributed by atoms with Crippen molar-refractivity contribution >= 4 is 17.8 Å². The van der Waals surface area contributed by atoms with Crippen molar-refractivity contribution in [1.29, 1.82) is 0 Å². The van der Waals surface area contributed by atoms with Gasteiger partial charge in [0.2, 0.25) is 0 Å². The topological polar surface area (TPSA) is 90.9 Å². The molecular weight excluding hydrogens is 338 g/mol. The van der Waals surface area contributed by atoms with E-state index in [-0.39, 0.29) is 12.5 Å². The van der Waals surface area contributed by atoms with E-state index in [1.807, 2.05) is 0 Å². The second-order valence-corrected chi connectivity index (χ2v) is 5.27. The molecule has 7 heteroatoms. The Labute approximate surface area is 150 Å². The molecule has 0 bridgehead atoms. The van der Waals surface area contributed by atoms with E-state index < -0.39 is 11.9 Å². The van der Waals surface area contributed by atoms with Crippen molar-refractivity contribution in [3.8, 4) is 5.75 Å². The van der Waals surface area contributed by atoms with Gasteiger partial charge in [0.1, 0.15) is 5.75 Å². The Balaban J connectivity index is 1.78. The predicted molar refractivity (Wildman–Crippen MR) is 92.9 cm³/mol. The zero-order valence-electron chi connectivity index (χ0n) is 14.5. The molecule has 1 N–H and O–H groups in total. The minimum absolute atomic E-state index is 0.155. The Kier molecular flexibility index (Phi) is 6.73. The molecule has 2 aromatic rings. The zero-order valence-corrected chi connectivity index (χ0v) is 14.5. The summed E-state index contributed by atoms with van der Waals surface area (Å²) < 4.78 is 14.6. The summed E-state index contributed by atoms with van der Waals surface area (Å²) in [7, 11) is 2.62. The lowest BCUT2D eigenvalue weighted by atomic mass is 10.1. The third-order valence-corrected chi connectivity index (χ3v) is 3.51. The molecule has 0 aliphatic carbocycles. The van der Waals surface area contributed by atoms with Crippen LogP contribution in [0.25, 0.3) is 0 Å². The number of methoxy groups -OCH3 is 2. The molecule has 0 unspecified atom stereocenters. The number of ether oxygens (including phenoxy) is 3. The number of hydrogen-bond donors (Lipinski definition) is 1. The summed E-state index contributed by atoms with van der Waals surface area (Å²) in [6.45, 7) is 0.155. The van der Waals surface area contributed by atoms with E-state index in [0.29, 0.717) is 23.4 Å². The highest BCUT2D eigenvalue weighted by Gasteiger charge is 2.07. The average Bonchev–Trinajstić information content (AvgIpc) is 2.70. The number of hydrogen-bond acceptors (Lipinski definition) is 6. The lowest BCUT2D eigenvalue weighted by molar-refractivity contribution is -0.123. The molecule has 136 valence electrons. The van der Waals surface area contributed by atoms with E-state index in [2.05, 4.69) is 14.8 Å². The molecule has 26 heavy (non-hydrogen) atoms. The minimum atomic E-state index is -0.437. The number of nitrogens with one attached hydrogen (secondary N) is 1. The highest BCUT2D eigenvalue weighted by molar-refractivity contribution is 5.89. The molecule has 0 saturated carbocycles. The predicted octanol–water partition coefficient (Wildman–Crippen LogP) is 1.95. The Morgan fingerprint density at radius 1 is 0.808 bits per heavy atom. The molecule has 0 aromatic heterocycles. The van der Waals surface area contributed by atoms with E-state index in [4.69, 9.17) is 4.74 Å². The maximum absolute atomic E-state index is 11.8. The van der Waals surface area contributed by atoms with Crippen LogP contribution in [0.1, 0.15) is 26.3 Å². The largest absolute Gasteiger partial charge is 0.484 e. The third kappa shape index (κ3) is 5.34. The van der Waals surface area contributed by atoms with Crippen molar-refractivity contribution in [3.63, 3.8) is 0 Å². The molecule has 0 aliphatic heterocycles. The van der Waals surface area contributed by atoms with Gasteiger partial charge in [0.05, 0.1) is 25.3 Å². The van der Waals surface area contributed by atoms with Crippen LogP contribution in [0.2, 0.25) is 0 Å². The standard InChI is InChI=1S/C19H19NO6/c1-24-18(22)14-5-3-13(4-6-14)11-20-17(21)12-26-16-9-7-15(8-10-16)19(23)25-2/h3-10H,11-12H2,1-2H3,(H,20,21). The van der Waals surface area contributed by atoms with Crippen molar-refractivity contribution in [2.75, 3.05) is 20.8 Å². The zero-order chi connectivity index (χ0) is 18.9. The summed E-state index contributed by atoms with van der Waals surface area (Å²) in [5.74, 6) is -0.672. The van der Waals surface area contributed by atoms with Crippen LogP contribution < -0.4 is 10.1 Å². The highest BCUT2D eigenvalue weighted by Crippen LogP contribution is 2.12. The molecule has 0 spiro atoms. The van der Waals surface area contributed by atoms with Gasteiger partial charge in [-0.05, 0) is 42.0 Å². The van der Waals surface area contributed by atoms with E-state index in [1.54, 1.807) is 48.5 Å². The number of amides is 1. The molecule has 0 aliphatic rings. The van der Waals surface area contributed by atoms with Crippen LogP contribution >= 0.6 is 0 Å². The van der Waals surface area contributed by atoms with Gasteiger partial charge in [-0.15, -0.1) is 0 Å². The Bertz CT molecular complexity index is 702. The van der Waals surface area contributed by atoms with Gasteiger partial charge in [0, 0.05) is 6.54 Å².